The molecule has 0 aliphatic carbocycles. The summed E-state index contributed by atoms with van der Waals surface area (Å²) in [4.78, 5) is 24.0. The van der Waals surface area contributed by atoms with Crippen LogP contribution in [0.4, 0.5) is 5.69 Å². The zero-order valence-corrected chi connectivity index (χ0v) is 12.4. The van der Waals surface area contributed by atoms with E-state index in [4.69, 9.17) is 4.74 Å². The van der Waals surface area contributed by atoms with Crippen molar-refractivity contribution >= 4 is 17.6 Å². The molecule has 0 aliphatic heterocycles. The Balaban J connectivity index is 2.01. The zero-order chi connectivity index (χ0) is 16.1. The third-order valence-corrected chi connectivity index (χ3v) is 3.07. The molecule has 2 N–H and O–H groups in total. The third-order valence-electron chi connectivity index (χ3n) is 3.07. The van der Waals surface area contributed by atoms with Crippen LogP contribution in [-0.4, -0.2) is 23.1 Å². The highest BCUT2D eigenvalue weighted by Crippen LogP contribution is 2.20. The number of esters is 1. The van der Waals surface area contributed by atoms with E-state index < -0.39 is 18.0 Å². The molecule has 5 heteroatoms. The summed E-state index contributed by atoms with van der Waals surface area (Å²) < 4.78 is 5.10. The van der Waals surface area contributed by atoms with Crippen LogP contribution >= 0.6 is 0 Å². The number of para-hydroxylation sites is 1. The van der Waals surface area contributed by atoms with Crippen molar-refractivity contribution in [2.24, 2.45) is 0 Å². The minimum atomic E-state index is -0.979. The number of carbonyl (C=O) groups is 2. The third kappa shape index (κ3) is 3.85. The van der Waals surface area contributed by atoms with Gasteiger partial charge < -0.3 is 15.2 Å². The van der Waals surface area contributed by atoms with Gasteiger partial charge in [-0.25, -0.2) is 4.79 Å². The molecule has 0 aromatic heterocycles. The lowest BCUT2D eigenvalue weighted by atomic mass is 10.1. The van der Waals surface area contributed by atoms with Gasteiger partial charge in [-0.2, -0.15) is 0 Å². The highest BCUT2D eigenvalue weighted by atomic mass is 16.5. The molecule has 114 valence electrons. The van der Waals surface area contributed by atoms with Gasteiger partial charge in [0.2, 0.25) is 0 Å². The quantitative estimate of drug-likeness (QED) is 0.851. The van der Waals surface area contributed by atoms with Gasteiger partial charge in [-0.3, -0.25) is 4.79 Å². The van der Waals surface area contributed by atoms with E-state index in [1.807, 2.05) is 6.07 Å². The number of hydrogen-bond acceptors (Lipinski definition) is 4. The van der Waals surface area contributed by atoms with E-state index in [0.717, 1.165) is 5.56 Å². The summed E-state index contributed by atoms with van der Waals surface area (Å²) >= 11 is 0. The van der Waals surface area contributed by atoms with E-state index in [1.165, 1.54) is 19.1 Å². The molecule has 2 aromatic carbocycles. The highest BCUT2D eigenvalue weighted by molar-refractivity contribution is 5.98. The second kappa shape index (κ2) is 6.76. The van der Waals surface area contributed by atoms with Gasteiger partial charge in [-0.15, -0.1) is 0 Å². The molecular formula is C17H17NO4. The summed E-state index contributed by atoms with van der Waals surface area (Å²) in [7, 11) is 0. The SMILES string of the molecule is Cc1ccc(O)c(C(=O)OC(C)C(=O)Nc2ccccc2)c1. The Morgan fingerprint density at radius 1 is 1.14 bits per heavy atom. The van der Waals surface area contributed by atoms with Crippen LogP contribution in [-0.2, 0) is 9.53 Å². The number of rotatable bonds is 4. The molecular weight excluding hydrogens is 282 g/mol. The standard InChI is InChI=1S/C17H17NO4/c1-11-8-9-15(19)14(10-11)17(21)22-12(2)16(20)18-13-6-4-3-5-7-13/h3-10,12,19H,1-2H3,(H,18,20). The molecule has 0 fully saturated rings. The summed E-state index contributed by atoms with van der Waals surface area (Å²) in [6.07, 6.45) is -0.979. The number of amides is 1. The van der Waals surface area contributed by atoms with E-state index in [0.29, 0.717) is 5.69 Å². The van der Waals surface area contributed by atoms with Crippen molar-refractivity contribution in [1.82, 2.24) is 0 Å². The van der Waals surface area contributed by atoms with Crippen molar-refractivity contribution in [3.05, 3.63) is 59.7 Å². The fraction of sp³-hybridized carbons (Fsp3) is 0.176. The van der Waals surface area contributed by atoms with E-state index >= 15 is 0 Å². The Morgan fingerprint density at radius 3 is 2.50 bits per heavy atom. The molecule has 22 heavy (non-hydrogen) atoms. The number of nitrogens with one attached hydrogen (secondary N) is 1. The van der Waals surface area contributed by atoms with Crippen molar-refractivity contribution in [3.63, 3.8) is 0 Å². The molecule has 0 bridgehead atoms. The van der Waals surface area contributed by atoms with Crippen LogP contribution in [0.5, 0.6) is 5.75 Å². The number of aromatic hydroxyl groups is 1. The molecule has 0 saturated carbocycles. The average Bonchev–Trinajstić information content (AvgIpc) is 2.50. The molecule has 1 amide bonds. The second-order valence-corrected chi connectivity index (χ2v) is 4.92. The first-order chi connectivity index (χ1) is 10.5. The average molecular weight is 299 g/mol. The molecule has 2 aromatic rings. The van der Waals surface area contributed by atoms with Gasteiger partial charge in [-0.05, 0) is 38.1 Å². The molecule has 0 aliphatic rings. The summed E-state index contributed by atoms with van der Waals surface area (Å²) in [5, 5.41) is 12.3. The van der Waals surface area contributed by atoms with Gasteiger partial charge in [0.15, 0.2) is 6.10 Å². The number of anilines is 1. The summed E-state index contributed by atoms with van der Waals surface area (Å²) in [6, 6.07) is 13.5. The smallest absolute Gasteiger partial charge is 0.342 e. The van der Waals surface area contributed by atoms with Crippen molar-refractivity contribution < 1.29 is 19.4 Å². The number of hydrogen-bond donors (Lipinski definition) is 2. The van der Waals surface area contributed by atoms with Crippen molar-refractivity contribution in [2.75, 3.05) is 5.32 Å². The summed E-state index contributed by atoms with van der Waals surface area (Å²) in [5.41, 5.74) is 1.47. The Hall–Kier alpha value is -2.82. The maximum absolute atomic E-state index is 12.0. The van der Waals surface area contributed by atoms with Gasteiger partial charge in [0.1, 0.15) is 11.3 Å². The van der Waals surface area contributed by atoms with Crippen LogP contribution < -0.4 is 5.32 Å². The van der Waals surface area contributed by atoms with Crippen LogP contribution in [0.15, 0.2) is 48.5 Å². The fourth-order valence-electron chi connectivity index (χ4n) is 1.86. The van der Waals surface area contributed by atoms with Crippen molar-refractivity contribution in [2.45, 2.75) is 20.0 Å². The van der Waals surface area contributed by atoms with Crippen LogP contribution in [0.25, 0.3) is 0 Å². The number of benzene rings is 2. The minimum Gasteiger partial charge on any atom is -0.507 e. The number of aryl methyl sites for hydroxylation is 1. The van der Waals surface area contributed by atoms with Gasteiger partial charge in [0.25, 0.3) is 5.91 Å². The Bertz CT molecular complexity index is 682. The monoisotopic (exact) mass is 299 g/mol. The Morgan fingerprint density at radius 2 is 1.82 bits per heavy atom. The van der Waals surface area contributed by atoms with Crippen LogP contribution in [0, 0.1) is 6.92 Å². The minimum absolute atomic E-state index is 0.0411. The van der Waals surface area contributed by atoms with Gasteiger partial charge in [0, 0.05) is 5.69 Å². The largest absolute Gasteiger partial charge is 0.507 e. The molecule has 0 heterocycles. The second-order valence-electron chi connectivity index (χ2n) is 4.92. The van der Waals surface area contributed by atoms with E-state index in [2.05, 4.69) is 5.32 Å². The molecule has 2 rings (SSSR count). The van der Waals surface area contributed by atoms with Crippen molar-refractivity contribution in [1.29, 1.82) is 0 Å². The zero-order valence-electron chi connectivity index (χ0n) is 12.4. The maximum Gasteiger partial charge on any atom is 0.342 e. The molecule has 0 spiro atoms. The molecule has 5 nitrogen and oxygen atoms in total. The van der Waals surface area contributed by atoms with Gasteiger partial charge >= 0.3 is 5.97 Å². The Kier molecular flexibility index (Phi) is 4.78. The molecule has 1 atom stereocenters. The predicted molar refractivity (Wildman–Crippen MR) is 82.8 cm³/mol. The van der Waals surface area contributed by atoms with Crippen LogP contribution in [0.1, 0.15) is 22.8 Å². The van der Waals surface area contributed by atoms with Gasteiger partial charge in [0.05, 0.1) is 0 Å². The molecule has 1 unspecified atom stereocenters. The number of phenolic OH excluding ortho intramolecular Hbond substituents is 1. The van der Waals surface area contributed by atoms with Crippen LogP contribution in [0.3, 0.4) is 0 Å². The Labute approximate surface area is 128 Å². The number of phenols is 1. The lowest BCUT2D eigenvalue weighted by Gasteiger charge is -2.14. The van der Waals surface area contributed by atoms with E-state index in [1.54, 1.807) is 37.3 Å². The van der Waals surface area contributed by atoms with E-state index in [9.17, 15) is 14.7 Å². The lowest BCUT2D eigenvalue weighted by molar-refractivity contribution is -0.123. The number of ether oxygens (including phenoxy) is 1. The molecule has 0 saturated heterocycles. The number of carbonyl (C=O) groups excluding carboxylic acids is 2. The topological polar surface area (TPSA) is 75.6 Å². The normalized spacial score (nSPS) is 11.5. The first kappa shape index (κ1) is 15.6. The molecule has 0 radical (unpaired) electrons. The summed E-state index contributed by atoms with van der Waals surface area (Å²) in [6.45, 7) is 3.27. The first-order valence-electron chi connectivity index (χ1n) is 6.84. The van der Waals surface area contributed by atoms with Gasteiger partial charge in [-0.1, -0.05) is 29.8 Å². The maximum atomic E-state index is 12.0. The fourth-order valence-corrected chi connectivity index (χ4v) is 1.86. The first-order valence-corrected chi connectivity index (χ1v) is 6.84. The predicted octanol–water partition coefficient (Wildman–Crippen LogP) is 2.88. The van der Waals surface area contributed by atoms with Crippen molar-refractivity contribution in [3.8, 4) is 5.75 Å². The van der Waals surface area contributed by atoms with E-state index in [-0.39, 0.29) is 11.3 Å². The van der Waals surface area contributed by atoms with Crippen LogP contribution in [0.2, 0.25) is 0 Å². The summed E-state index contributed by atoms with van der Waals surface area (Å²) in [5.74, 6) is -1.35. The lowest BCUT2D eigenvalue weighted by Crippen LogP contribution is -2.30. The highest BCUT2D eigenvalue weighted by Gasteiger charge is 2.21.